The second-order valence-electron chi connectivity index (χ2n) is 5.48. The van der Waals surface area contributed by atoms with Crippen LogP contribution in [0.2, 0.25) is 0 Å². The Morgan fingerprint density at radius 1 is 1.10 bits per heavy atom. The molecule has 1 aromatic carbocycles. The molecule has 1 fully saturated rings. The van der Waals surface area contributed by atoms with Crippen LogP contribution in [0.3, 0.4) is 0 Å². The van der Waals surface area contributed by atoms with E-state index in [-0.39, 0.29) is 12.1 Å². The number of ether oxygens (including phenoxy) is 2. The number of nitrogens with one attached hydrogen (secondary N) is 1. The molecule has 0 heterocycles. The third kappa shape index (κ3) is 4.53. The van der Waals surface area contributed by atoms with E-state index in [1.165, 1.54) is 6.42 Å². The van der Waals surface area contributed by atoms with Gasteiger partial charge in [-0.3, -0.25) is 0 Å². The molecule has 0 amide bonds. The summed E-state index contributed by atoms with van der Waals surface area (Å²) in [5.74, 6) is 1.64. The molecule has 2 rings (SSSR count). The maximum absolute atomic E-state index is 10.3. The molecule has 0 saturated heterocycles. The Morgan fingerprint density at radius 3 is 2.62 bits per heavy atom. The summed E-state index contributed by atoms with van der Waals surface area (Å²) >= 11 is 0. The van der Waals surface area contributed by atoms with Crippen molar-refractivity contribution in [3.63, 3.8) is 0 Å². The van der Waals surface area contributed by atoms with Gasteiger partial charge in [0.15, 0.2) is 0 Å². The minimum Gasteiger partial charge on any atom is -0.494 e. The van der Waals surface area contributed by atoms with E-state index in [2.05, 4.69) is 5.32 Å². The maximum Gasteiger partial charge on any atom is 0.142 e. The second kappa shape index (κ2) is 8.13. The molecule has 2 atom stereocenters. The molecule has 1 aliphatic rings. The van der Waals surface area contributed by atoms with E-state index in [1.54, 1.807) is 0 Å². The van der Waals surface area contributed by atoms with Crippen molar-refractivity contribution < 1.29 is 14.6 Å². The first-order chi connectivity index (χ1) is 10.2. The van der Waals surface area contributed by atoms with Crippen molar-refractivity contribution in [1.82, 2.24) is 0 Å². The SMILES string of the molecule is CCOc1ccc(OCC)c(NC2CCCCCC2O)c1. The molecular weight excluding hydrogens is 266 g/mol. The lowest BCUT2D eigenvalue weighted by Gasteiger charge is -2.24. The van der Waals surface area contributed by atoms with Gasteiger partial charge in [0.1, 0.15) is 11.5 Å². The Kier molecular flexibility index (Phi) is 6.18. The minimum atomic E-state index is -0.294. The number of rotatable bonds is 6. The fourth-order valence-electron chi connectivity index (χ4n) is 2.82. The first kappa shape index (κ1) is 16.0. The van der Waals surface area contributed by atoms with Crippen molar-refractivity contribution >= 4 is 5.69 Å². The summed E-state index contributed by atoms with van der Waals surface area (Å²) in [6, 6.07) is 5.90. The van der Waals surface area contributed by atoms with Crippen LogP contribution in [0, 0.1) is 0 Å². The van der Waals surface area contributed by atoms with E-state index in [0.29, 0.717) is 13.2 Å². The first-order valence-electron chi connectivity index (χ1n) is 8.08. The highest BCUT2D eigenvalue weighted by atomic mass is 16.5. The average molecular weight is 293 g/mol. The van der Waals surface area contributed by atoms with Crippen molar-refractivity contribution in [2.75, 3.05) is 18.5 Å². The second-order valence-corrected chi connectivity index (χ2v) is 5.48. The van der Waals surface area contributed by atoms with Gasteiger partial charge in [0.05, 0.1) is 31.0 Å². The van der Waals surface area contributed by atoms with Crippen LogP contribution < -0.4 is 14.8 Å². The lowest BCUT2D eigenvalue weighted by atomic mass is 10.1. The van der Waals surface area contributed by atoms with Crippen LogP contribution in [0.25, 0.3) is 0 Å². The van der Waals surface area contributed by atoms with Gasteiger partial charge in [0, 0.05) is 6.07 Å². The van der Waals surface area contributed by atoms with Crippen LogP contribution in [-0.2, 0) is 0 Å². The number of anilines is 1. The number of aliphatic hydroxyl groups excluding tert-OH is 1. The lowest BCUT2D eigenvalue weighted by molar-refractivity contribution is 0.144. The zero-order valence-electron chi connectivity index (χ0n) is 13.1. The number of aliphatic hydroxyl groups is 1. The fraction of sp³-hybridized carbons (Fsp3) is 0.647. The van der Waals surface area contributed by atoms with Gasteiger partial charge in [0.25, 0.3) is 0 Å². The molecule has 0 spiro atoms. The molecule has 0 radical (unpaired) electrons. The van der Waals surface area contributed by atoms with Gasteiger partial charge in [-0.05, 0) is 38.8 Å². The van der Waals surface area contributed by atoms with Crippen molar-refractivity contribution in [2.24, 2.45) is 0 Å². The molecule has 0 bridgehead atoms. The average Bonchev–Trinajstić information content (AvgIpc) is 2.67. The highest BCUT2D eigenvalue weighted by Gasteiger charge is 2.22. The topological polar surface area (TPSA) is 50.7 Å². The summed E-state index contributed by atoms with van der Waals surface area (Å²) in [7, 11) is 0. The summed E-state index contributed by atoms with van der Waals surface area (Å²) in [5, 5.41) is 13.7. The molecule has 4 nitrogen and oxygen atoms in total. The molecule has 1 saturated carbocycles. The molecule has 0 aromatic heterocycles. The van der Waals surface area contributed by atoms with E-state index < -0.39 is 0 Å². The Balaban J connectivity index is 2.16. The van der Waals surface area contributed by atoms with Gasteiger partial charge in [-0.15, -0.1) is 0 Å². The van der Waals surface area contributed by atoms with Crippen LogP contribution in [0.15, 0.2) is 18.2 Å². The molecule has 118 valence electrons. The number of hydrogen-bond donors (Lipinski definition) is 2. The zero-order chi connectivity index (χ0) is 15.1. The number of hydrogen-bond acceptors (Lipinski definition) is 4. The standard InChI is InChI=1S/C17H27NO3/c1-3-20-13-10-11-17(21-4-2)15(12-13)18-14-8-6-5-7-9-16(14)19/h10-12,14,16,18-19H,3-9H2,1-2H3. The van der Waals surface area contributed by atoms with Crippen LogP contribution in [0.1, 0.15) is 46.0 Å². The van der Waals surface area contributed by atoms with Gasteiger partial charge in [-0.25, -0.2) is 0 Å². The lowest BCUT2D eigenvalue weighted by Crippen LogP contribution is -2.32. The van der Waals surface area contributed by atoms with Crippen LogP contribution in [-0.4, -0.2) is 30.5 Å². The third-order valence-electron chi connectivity index (χ3n) is 3.88. The van der Waals surface area contributed by atoms with E-state index in [9.17, 15) is 5.11 Å². The zero-order valence-corrected chi connectivity index (χ0v) is 13.1. The summed E-state index contributed by atoms with van der Waals surface area (Å²) in [6.07, 6.45) is 5.03. The fourth-order valence-corrected chi connectivity index (χ4v) is 2.82. The van der Waals surface area contributed by atoms with Crippen LogP contribution in [0.4, 0.5) is 5.69 Å². The largest absolute Gasteiger partial charge is 0.494 e. The summed E-state index contributed by atoms with van der Waals surface area (Å²) in [6.45, 7) is 5.20. The van der Waals surface area contributed by atoms with Crippen molar-refractivity contribution in [1.29, 1.82) is 0 Å². The minimum absolute atomic E-state index is 0.0867. The van der Waals surface area contributed by atoms with Gasteiger partial charge in [-0.1, -0.05) is 19.3 Å². The molecule has 2 unspecified atom stereocenters. The molecule has 2 N–H and O–H groups in total. The predicted octanol–water partition coefficient (Wildman–Crippen LogP) is 3.59. The van der Waals surface area contributed by atoms with Crippen molar-refractivity contribution in [3.8, 4) is 11.5 Å². The smallest absolute Gasteiger partial charge is 0.142 e. The molecule has 4 heteroatoms. The summed E-state index contributed by atoms with van der Waals surface area (Å²) in [5.41, 5.74) is 0.911. The normalized spacial score (nSPS) is 22.4. The quantitative estimate of drug-likeness (QED) is 0.787. The third-order valence-corrected chi connectivity index (χ3v) is 3.88. The van der Waals surface area contributed by atoms with Crippen molar-refractivity contribution in [3.05, 3.63) is 18.2 Å². The Bertz CT molecular complexity index is 436. The summed E-state index contributed by atoms with van der Waals surface area (Å²) in [4.78, 5) is 0. The van der Waals surface area contributed by atoms with Gasteiger partial charge < -0.3 is 19.9 Å². The van der Waals surface area contributed by atoms with E-state index in [0.717, 1.165) is 42.9 Å². The van der Waals surface area contributed by atoms with Gasteiger partial charge in [0.2, 0.25) is 0 Å². The highest BCUT2D eigenvalue weighted by Crippen LogP contribution is 2.32. The summed E-state index contributed by atoms with van der Waals surface area (Å²) < 4.78 is 11.2. The Hall–Kier alpha value is -1.42. The van der Waals surface area contributed by atoms with Crippen molar-refractivity contribution in [2.45, 2.75) is 58.1 Å². The molecule has 21 heavy (non-hydrogen) atoms. The van der Waals surface area contributed by atoms with Crippen LogP contribution >= 0.6 is 0 Å². The predicted molar refractivity (Wildman–Crippen MR) is 85.3 cm³/mol. The van der Waals surface area contributed by atoms with E-state index in [1.807, 2.05) is 32.0 Å². The maximum atomic E-state index is 10.3. The first-order valence-corrected chi connectivity index (χ1v) is 8.08. The molecule has 1 aromatic rings. The molecule has 0 aliphatic heterocycles. The van der Waals surface area contributed by atoms with Gasteiger partial charge >= 0.3 is 0 Å². The number of benzene rings is 1. The molecular formula is C17H27NO3. The van der Waals surface area contributed by atoms with Crippen LogP contribution in [0.5, 0.6) is 11.5 Å². The Morgan fingerprint density at radius 2 is 1.86 bits per heavy atom. The van der Waals surface area contributed by atoms with Gasteiger partial charge in [-0.2, -0.15) is 0 Å². The Labute approximate surface area is 127 Å². The van der Waals surface area contributed by atoms with E-state index in [4.69, 9.17) is 9.47 Å². The highest BCUT2D eigenvalue weighted by molar-refractivity contribution is 5.60. The molecule has 1 aliphatic carbocycles. The monoisotopic (exact) mass is 293 g/mol. The van der Waals surface area contributed by atoms with E-state index >= 15 is 0 Å².